The predicted octanol–water partition coefficient (Wildman–Crippen LogP) is 5.02. The lowest BCUT2D eigenvalue weighted by atomic mass is 10.1. The van der Waals surface area contributed by atoms with Gasteiger partial charge < -0.3 is 4.90 Å². The van der Waals surface area contributed by atoms with Crippen LogP contribution in [0.4, 0.5) is 20.2 Å². The van der Waals surface area contributed by atoms with Crippen molar-refractivity contribution in [3.63, 3.8) is 0 Å². The molecule has 8 heteroatoms. The molecule has 4 nitrogen and oxygen atoms in total. The van der Waals surface area contributed by atoms with E-state index in [2.05, 4.69) is 4.72 Å². The number of anilines is 2. The Morgan fingerprint density at radius 2 is 1.56 bits per heavy atom. The minimum atomic E-state index is -3.84. The molecular weight excluding hydrogens is 390 g/mol. The number of benzene rings is 3. The van der Waals surface area contributed by atoms with Gasteiger partial charge in [0.2, 0.25) is 0 Å². The van der Waals surface area contributed by atoms with E-state index in [1.807, 2.05) is 37.2 Å². The highest BCUT2D eigenvalue weighted by atomic mass is 32.2. The molecule has 142 valence electrons. The lowest BCUT2D eigenvalue weighted by Gasteiger charge is -2.17. The highest BCUT2D eigenvalue weighted by Crippen LogP contribution is 2.31. The van der Waals surface area contributed by atoms with Crippen LogP contribution in [0.15, 0.2) is 70.5 Å². The lowest BCUT2D eigenvalue weighted by molar-refractivity contribution is 0.252. The molecule has 0 amide bonds. The first kappa shape index (κ1) is 19.4. The Bertz CT molecular complexity index is 1050. The van der Waals surface area contributed by atoms with E-state index in [0.29, 0.717) is 27.7 Å². The molecule has 0 aliphatic heterocycles. The Hall–Kier alpha value is -2.32. The standard InChI is InChI=1S/C19H18F2N2O2S2/c1-23(2)17-7-3-6-16-15(17)5-4-8-18(16)27(24,25)22-13-9-11-14(12-10-13)26-19(20)21/h3-12,19,22H,1-2H3. The van der Waals surface area contributed by atoms with Crippen molar-refractivity contribution in [2.24, 2.45) is 0 Å². The fraction of sp³-hybridized carbons (Fsp3) is 0.158. The summed E-state index contributed by atoms with van der Waals surface area (Å²) in [7, 11) is -0.0498. The number of halogens is 2. The molecule has 0 aliphatic rings. The zero-order chi connectivity index (χ0) is 19.6. The van der Waals surface area contributed by atoms with Gasteiger partial charge in [0.15, 0.2) is 0 Å². The normalized spacial score (nSPS) is 11.7. The predicted molar refractivity (Wildman–Crippen MR) is 107 cm³/mol. The van der Waals surface area contributed by atoms with Gasteiger partial charge in [0.25, 0.3) is 15.8 Å². The summed E-state index contributed by atoms with van der Waals surface area (Å²) in [5.74, 6) is -2.52. The fourth-order valence-electron chi connectivity index (χ4n) is 2.80. The zero-order valence-electron chi connectivity index (χ0n) is 14.7. The molecule has 0 unspecified atom stereocenters. The third-order valence-corrected chi connectivity index (χ3v) is 6.12. The maximum atomic E-state index is 12.9. The van der Waals surface area contributed by atoms with E-state index in [1.165, 1.54) is 24.3 Å². The number of hydrogen-bond donors (Lipinski definition) is 1. The molecule has 0 heterocycles. The van der Waals surface area contributed by atoms with Crippen LogP contribution in [0.25, 0.3) is 10.8 Å². The van der Waals surface area contributed by atoms with E-state index in [9.17, 15) is 17.2 Å². The van der Waals surface area contributed by atoms with Gasteiger partial charge in [0.1, 0.15) is 0 Å². The highest BCUT2D eigenvalue weighted by molar-refractivity contribution is 7.99. The van der Waals surface area contributed by atoms with Gasteiger partial charge in [-0.05, 0) is 36.4 Å². The van der Waals surface area contributed by atoms with E-state index in [4.69, 9.17) is 0 Å². The average molecular weight is 408 g/mol. The van der Waals surface area contributed by atoms with Crippen molar-refractivity contribution in [2.75, 3.05) is 23.7 Å². The molecule has 0 aromatic heterocycles. The quantitative estimate of drug-likeness (QED) is 0.582. The Morgan fingerprint density at radius 3 is 2.19 bits per heavy atom. The maximum absolute atomic E-state index is 12.9. The summed E-state index contributed by atoms with van der Waals surface area (Å²) in [6.45, 7) is 0. The average Bonchev–Trinajstić information content (AvgIpc) is 2.61. The molecule has 0 spiro atoms. The van der Waals surface area contributed by atoms with Gasteiger partial charge >= 0.3 is 0 Å². The number of thioether (sulfide) groups is 1. The van der Waals surface area contributed by atoms with Crippen molar-refractivity contribution >= 4 is 43.9 Å². The summed E-state index contributed by atoms with van der Waals surface area (Å²) in [5, 5.41) is 1.44. The zero-order valence-corrected chi connectivity index (χ0v) is 16.3. The van der Waals surface area contributed by atoms with Gasteiger partial charge in [-0.2, -0.15) is 8.78 Å². The minimum absolute atomic E-state index is 0.162. The third kappa shape index (κ3) is 4.33. The van der Waals surface area contributed by atoms with Crippen LogP contribution < -0.4 is 9.62 Å². The summed E-state index contributed by atoms with van der Waals surface area (Å²) < 4.78 is 53.1. The minimum Gasteiger partial charge on any atom is -0.377 e. The first-order valence-corrected chi connectivity index (χ1v) is 10.4. The van der Waals surface area contributed by atoms with Crippen LogP contribution in [0.3, 0.4) is 0 Å². The van der Waals surface area contributed by atoms with E-state index >= 15 is 0 Å². The SMILES string of the molecule is CN(C)c1cccc2c(S(=O)(=O)Nc3ccc(SC(F)F)cc3)cccc12. The molecule has 0 aliphatic carbocycles. The summed E-state index contributed by atoms with van der Waals surface area (Å²) in [5.41, 5.74) is 1.23. The Balaban J connectivity index is 1.97. The molecule has 3 aromatic rings. The van der Waals surface area contributed by atoms with Crippen molar-refractivity contribution in [3.8, 4) is 0 Å². The third-order valence-electron chi connectivity index (χ3n) is 3.96. The van der Waals surface area contributed by atoms with Gasteiger partial charge in [-0.25, -0.2) is 8.42 Å². The molecule has 0 saturated carbocycles. The maximum Gasteiger partial charge on any atom is 0.288 e. The van der Waals surface area contributed by atoms with Gasteiger partial charge in [-0.1, -0.05) is 36.0 Å². The monoisotopic (exact) mass is 408 g/mol. The number of nitrogens with zero attached hydrogens (tertiary/aromatic N) is 1. The van der Waals surface area contributed by atoms with Crippen LogP contribution in [0.2, 0.25) is 0 Å². The molecule has 3 aromatic carbocycles. The number of alkyl halides is 2. The van der Waals surface area contributed by atoms with E-state index in [1.54, 1.807) is 18.2 Å². The first-order chi connectivity index (χ1) is 12.8. The summed E-state index contributed by atoms with van der Waals surface area (Å²) >= 11 is 0.412. The molecule has 0 saturated heterocycles. The largest absolute Gasteiger partial charge is 0.377 e. The van der Waals surface area contributed by atoms with E-state index in [0.717, 1.165) is 11.1 Å². The van der Waals surface area contributed by atoms with Crippen LogP contribution in [-0.4, -0.2) is 28.3 Å². The Kier molecular flexibility index (Phi) is 5.57. The van der Waals surface area contributed by atoms with Crippen LogP contribution in [0, 0.1) is 0 Å². The second kappa shape index (κ2) is 7.74. The van der Waals surface area contributed by atoms with Crippen molar-refractivity contribution in [3.05, 3.63) is 60.7 Å². The van der Waals surface area contributed by atoms with Crippen molar-refractivity contribution in [1.82, 2.24) is 0 Å². The van der Waals surface area contributed by atoms with E-state index < -0.39 is 15.8 Å². The van der Waals surface area contributed by atoms with Crippen molar-refractivity contribution in [2.45, 2.75) is 15.5 Å². The smallest absolute Gasteiger partial charge is 0.288 e. The van der Waals surface area contributed by atoms with Crippen LogP contribution in [-0.2, 0) is 10.0 Å². The summed E-state index contributed by atoms with van der Waals surface area (Å²) in [6, 6.07) is 16.5. The van der Waals surface area contributed by atoms with Crippen molar-refractivity contribution in [1.29, 1.82) is 0 Å². The first-order valence-electron chi connectivity index (χ1n) is 8.05. The molecule has 0 radical (unpaired) electrons. The molecule has 0 bridgehead atoms. The second-order valence-electron chi connectivity index (χ2n) is 6.03. The lowest BCUT2D eigenvalue weighted by Crippen LogP contribution is -2.14. The number of nitrogens with one attached hydrogen (secondary N) is 1. The molecular formula is C19H18F2N2O2S2. The Labute approximate surface area is 161 Å². The molecule has 3 rings (SSSR count). The summed E-state index contributed by atoms with van der Waals surface area (Å²) in [4.78, 5) is 2.45. The van der Waals surface area contributed by atoms with Gasteiger partial charge in [0.05, 0.1) is 4.90 Å². The molecule has 27 heavy (non-hydrogen) atoms. The topological polar surface area (TPSA) is 49.4 Å². The summed E-state index contributed by atoms with van der Waals surface area (Å²) in [6.07, 6.45) is 0. The molecule has 0 atom stereocenters. The second-order valence-corrected chi connectivity index (χ2v) is 8.75. The van der Waals surface area contributed by atoms with Crippen LogP contribution >= 0.6 is 11.8 Å². The Morgan fingerprint density at radius 1 is 0.926 bits per heavy atom. The molecule has 1 N–H and O–H groups in total. The van der Waals surface area contributed by atoms with Crippen molar-refractivity contribution < 1.29 is 17.2 Å². The molecule has 0 fully saturated rings. The number of sulfonamides is 1. The van der Waals surface area contributed by atoms with Gasteiger partial charge in [-0.3, -0.25) is 4.72 Å². The number of rotatable bonds is 6. The van der Waals surface area contributed by atoms with Crippen LogP contribution in [0.1, 0.15) is 0 Å². The highest BCUT2D eigenvalue weighted by Gasteiger charge is 2.19. The number of hydrogen-bond acceptors (Lipinski definition) is 4. The van der Waals surface area contributed by atoms with Gasteiger partial charge in [0, 0.05) is 41.1 Å². The fourth-order valence-corrected chi connectivity index (χ4v) is 4.58. The van der Waals surface area contributed by atoms with E-state index in [-0.39, 0.29) is 4.90 Å². The van der Waals surface area contributed by atoms with Crippen LogP contribution in [0.5, 0.6) is 0 Å². The van der Waals surface area contributed by atoms with Gasteiger partial charge in [-0.15, -0.1) is 0 Å². The number of fused-ring (bicyclic) bond motifs is 1.